The van der Waals surface area contributed by atoms with Gasteiger partial charge in [0.15, 0.2) is 5.96 Å². The second-order valence-corrected chi connectivity index (χ2v) is 7.97. The van der Waals surface area contributed by atoms with Crippen LogP contribution in [0.4, 0.5) is 11.5 Å². The molecule has 0 saturated carbocycles. The number of pyridine rings is 1. The molecule has 2 heterocycles. The maximum Gasteiger partial charge on any atom is 0.191 e. The number of nitrogens with zero attached hydrogens (tertiary/aromatic N) is 4. The summed E-state index contributed by atoms with van der Waals surface area (Å²) in [6.45, 7) is 7.00. The first-order chi connectivity index (χ1) is 14.0. The number of aromatic nitrogens is 1. The molecule has 0 radical (unpaired) electrons. The number of aliphatic imine (C=N–C) groups is 1. The van der Waals surface area contributed by atoms with Gasteiger partial charge in [-0.15, -0.1) is 0 Å². The average molecular weight is 395 g/mol. The second-order valence-electron chi connectivity index (χ2n) is 7.97. The van der Waals surface area contributed by atoms with Crippen molar-refractivity contribution in [3.05, 3.63) is 53.2 Å². The summed E-state index contributed by atoms with van der Waals surface area (Å²) in [5, 5.41) is 7.06. The molecule has 2 aromatic rings. The van der Waals surface area contributed by atoms with E-state index in [4.69, 9.17) is 0 Å². The van der Waals surface area contributed by atoms with Crippen molar-refractivity contribution in [3.8, 4) is 0 Å². The minimum absolute atomic E-state index is 0.430. The Morgan fingerprint density at radius 2 is 1.93 bits per heavy atom. The number of hydrogen-bond donors (Lipinski definition) is 2. The highest BCUT2D eigenvalue weighted by molar-refractivity contribution is 5.80. The monoisotopic (exact) mass is 394 g/mol. The van der Waals surface area contributed by atoms with Crippen LogP contribution in [0.1, 0.15) is 29.7 Å². The van der Waals surface area contributed by atoms with Gasteiger partial charge in [-0.05, 0) is 62.1 Å². The van der Waals surface area contributed by atoms with Crippen molar-refractivity contribution in [3.63, 3.8) is 0 Å². The molecule has 1 aliphatic heterocycles. The third-order valence-corrected chi connectivity index (χ3v) is 5.55. The molecule has 0 unspecified atom stereocenters. The van der Waals surface area contributed by atoms with E-state index in [2.05, 4.69) is 81.8 Å². The van der Waals surface area contributed by atoms with Crippen LogP contribution in [-0.2, 0) is 6.54 Å². The van der Waals surface area contributed by atoms with Crippen molar-refractivity contribution >= 4 is 17.5 Å². The first-order valence-corrected chi connectivity index (χ1v) is 10.4. The fraction of sp³-hybridized carbons (Fsp3) is 0.478. The molecule has 1 saturated heterocycles. The van der Waals surface area contributed by atoms with E-state index in [9.17, 15) is 0 Å². The van der Waals surface area contributed by atoms with Gasteiger partial charge in [0.2, 0.25) is 0 Å². The molecule has 0 amide bonds. The molecule has 0 aliphatic carbocycles. The van der Waals surface area contributed by atoms with Gasteiger partial charge in [0, 0.05) is 58.2 Å². The molecule has 1 aromatic carbocycles. The minimum Gasteiger partial charge on any atom is -0.378 e. The van der Waals surface area contributed by atoms with Crippen LogP contribution in [0.25, 0.3) is 0 Å². The molecule has 0 spiro atoms. The summed E-state index contributed by atoms with van der Waals surface area (Å²) in [7, 11) is 5.97. The molecule has 1 aliphatic rings. The summed E-state index contributed by atoms with van der Waals surface area (Å²) in [4.78, 5) is 13.6. The van der Waals surface area contributed by atoms with E-state index >= 15 is 0 Å². The van der Waals surface area contributed by atoms with E-state index in [0.29, 0.717) is 6.04 Å². The number of piperidine rings is 1. The van der Waals surface area contributed by atoms with E-state index in [0.717, 1.165) is 49.9 Å². The molecular weight excluding hydrogens is 360 g/mol. The third-order valence-electron chi connectivity index (χ3n) is 5.55. The van der Waals surface area contributed by atoms with Crippen LogP contribution in [0.2, 0.25) is 0 Å². The lowest BCUT2D eigenvalue weighted by atomic mass is 10.1. The average Bonchev–Trinajstić information content (AvgIpc) is 2.72. The zero-order valence-electron chi connectivity index (χ0n) is 18.4. The van der Waals surface area contributed by atoms with Crippen molar-refractivity contribution in [1.82, 2.24) is 15.6 Å². The Morgan fingerprint density at radius 3 is 2.55 bits per heavy atom. The van der Waals surface area contributed by atoms with E-state index in [1.165, 1.54) is 16.8 Å². The SMILES string of the molecule is CN=C(NCc1ccc(N(C)C)cc1C)NC1CCN(c2cccc(C)n2)CC1. The van der Waals surface area contributed by atoms with E-state index in [-0.39, 0.29) is 0 Å². The number of nitrogens with one attached hydrogen (secondary N) is 2. The van der Waals surface area contributed by atoms with E-state index in [1.54, 1.807) is 0 Å². The molecule has 29 heavy (non-hydrogen) atoms. The second kappa shape index (κ2) is 9.63. The predicted molar refractivity (Wildman–Crippen MR) is 123 cm³/mol. The van der Waals surface area contributed by atoms with Gasteiger partial charge in [0.05, 0.1) is 0 Å². The highest BCUT2D eigenvalue weighted by Gasteiger charge is 2.21. The maximum atomic E-state index is 4.65. The summed E-state index contributed by atoms with van der Waals surface area (Å²) < 4.78 is 0. The Hall–Kier alpha value is -2.76. The van der Waals surface area contributed by atoms with Crippen LogP contribution in [0.3, 0.4) is 0 Å². The normalized spacial score (nSPS) is 15.3. The topological polar surface area (TPSA) is 55.8 Å². The predicted octanol–water partition coefficient (Wildman–Crippen LogP) is 3.10. The molecule has 0 bridgehead atoms. The van der Waals surface area contributed by atoms with Crippen LogP contribution >= 0.6 is 0 Å². The number of anilines is 2. The largest absolute Gasteiger partial charge is 0.378 e. The summed E-state index contributed by atoms with van der Waals surface area (Å²) in [5.41, 5.74) is 4.88. The first-order valence-electron chi connectivity index (χ1n) is 10.4. The number of hydrogen-bond acceptors (Lipinski definition) is 4. The highest BCUT2D eigenvalue weighted by Crippen LogP contribution is 2.19. The van der Waals surface area contributed by atoms with Crippen LogP contribution in [0, 0.1) is 13.8 Å². The Bertz CT molecular complexity index is 837. The Balaban J connectivity index is 1.50. The molecule has 2 N–H and O–H groups in total. The number of benzene rings is 1. The maximum absolute atomic E-state index is 4.65. The summed E-state index contributed by atoms with van der Waals surface area (Å²) in [5.74, 6) is 1.95. The van der Waals surface area contributed by atoms with Gasteiger partial charge in [-0.3, -0.25) is 4.99 Å². The minimum atomic E-state index is 0.430. The molecule has 156 valence electrons. The zero-order valence-corrected chi connectivity index (χ0v) is 18.4. The molecule has 6 heteroatoms. The van der Waals surface area contributed by atoms with E-state index in [1.807, 2.05) is 20.0 Å². The van der Waals surface area contributed by atoms with Crippen LogP contribution in [0.5, 0.6) is 0 Å². The lowest BCUT2D eigenvalue weighted by Gasteiger charge is -2.34. The lowest BCUT2D eigenvalue weighted by molar-refractivity contribution is 0.459. The summed E-state index contributed by atoms with van der Waals surface area (Å²) >= 11 is 0. The molecule has 6 nitrogen and oxygen atoms in total. The number of aryl methyl sites for hydroxylation is 2. The Labute approximate surface area is 175 Å². The standard InChI is InChI=1S/C23H34N6/c1-17-15-21(28(4)5)10-9-19(17)16-25-23(24-3)27-20-11-13-29(14-12-20)22-8-6-7-18(2)26-22/h6-10,15,20H,11-14,16H2,1-5H3,(H2,24,25,27). The first kappa shape index (κ1) is 21.0. The summed E-state index contributed by atoms with van der Waals surface area (Å²) in [6, 6.07) is 13.2. The van der Waals surface area contributed by atoms with Crippen LogP contribution in [-0.4, -0.2) is 51.2 Å². The molecule has 1 fully saturated rings. The van der Waals surface area contributed by atoms with Crippen molar-refractivity contribution in [2.75, 3.05) is 44.0 Å². The van der Waals surface area contributed by atoms with Gasteiger partial charge in [0.1, 0.15) is 5.82 Å². The van der Waals surface area contributed by atoms with Gasteiger partial charge in [-0.25, -0.2) is 4.98 Å². The smallest absolute Gasteiger partial charge is 0.191 e. The fourth-order valence-electron chi connectivity index (χ4n) is 3.68. The lowest BCUT2D eigenvalue weighted by Crippen LogP contribution is -2.48. The van der Waals surface area contributed by atoms with Gasteiger partial charge in [-0.2, -0.15) is 0 Å². The molecule has 1 aromatic heterocycles. The van der Waals surface area contributed by atoms with Crippen LogP contribution < -0.4 is 20.4 Å². The van der Waals surface area contributed by atoms with Gasteiger partial charge in [-0.1, -0.05) is 12.1 Å². The number of guanidine groups is 1. The fourth-order valence-corrected chi connectivity index (χ4v) is 3.68. The van der Waals surface area contributed by atoms with Crippen LogP contribution in [0.15, 0.2) is 41.4 Å². The number of rotatable bonds is 5. The van der Waals surface area contributed by atoms with Gasteiger partial charge in [0.25, 0.3) is 0 Å². The van der Waals surface area contributed by atoms with Gasteiger partial charge < -0.3 is 20.4 Å². The van der Waals surface area contributed by atoms with Gasteiger partial charge >= 0.3 is 0 Å². The van der Waals surface area contributed by atoms with Crippen molar-refractivity contribution in [2.45, 2.75) is 39.3 Å². The summed E-state index contributed by atoms with van der Waals surface area (Å²) in [6.07, 6.45) is 2.15. The quantitative estimate of drug-likeness (QED) is 0.603. The molecule has 0 atom stereocenters. The van der Waals surface area contributed by atoms with Crippen molar-refractivity contribution < 1.29 is 0 Å². The van der Waals surface area contributed by atoms with E-state index < -0.39 is 0 Å². The molecular formula is C23H34N6. The zero-order chi connectivity index (χ0) is 20.8. The Morgan fingerprint density at radius 1 is 1.17 bits per heavy atom. The van der Waals surface area contributed by atoms with Crippen molar-refractivity contribution in [2.24, 2.45) is 4.99 Å². The third kappa shape index (κ3) is 5.62. The van der Waals surface area contributed by atoms with Crippen molar-refractivity contribution in [1.29, 1.82) is 0 Å². The molecule has 3 rings (SSSR count). The Kier molecular flexibility index (Phi) is 6.96. The highest BCUT2D eigenvalue weighted by atomic mass is 15.2.